The first kappa shape index (κ1) is 29.4. The molecule has 0 saturated carbocycles. The highest BCUT2D eigenvalue weighted by Crippen LogP contribution is 2.16. The molecular weight excluding hydrogens is 412 g/mol. The Morgan fingerprint density at radius 3 is 1.58 bits per heavy atom. The van der Waals surface area contributed by atoms with Gasteiger partial charge in [-0.1, -0.05) is 121 Å². The molecule has 0 aliphatic carbocycles. The third-order valence-corrected chi connectivity index (χ3v) is 6.16. The lowest BCUT2D eigenvalue weighted by Gasteiger charge is -2.15. The summed E-state index contributed by atoms with van der Waals surface area (Å²) < 4.78 is 5.34. The minimum absolute atomic E-state index is 0.165. The van der Waals surface area contributed by atoms with E-state index in [1.807, 2.05) is 0 Å². The van der Waals surface area contributed by atoms with Crippen LogP contribution in [0, 0.1) is 0 Å². The number of unbranched alkanes of at least 4 members (excludes halogenated alkanes) is 14. The molecule has 188 valence electrons. The molecular formula is C29H48O4. The molecule has 0 atom stereocenters. The van der Waals surface area contributed by atoms with Gasteiger partial charge in [-0.3, -0.25) is 9.59 Å². The molecule has 4 nitrogen and oxygen atoms in total. The van der Waals surface area contributed by atoms with Gasteiger partial charge in [-0.2, -0.15) is 0 Å². The van der Waals surface area contributed by atoms with Crippen LogP contribution in [0.3, 0.4) is 0 Å². The van der Waals surface area contributed by atoms with Crippen molar-refractivity contribution in [2.24, 2.45) is 0 Å². The topological polar surface area (TPSA) is 63.6 Å². The molecule has 4 heteroatoms. The van der Waals surface area contributed by atoms with Crippen LogP contribution in [-0.2, 0) is 16.1 Å². The maximum Gasteiger partial charge on any atom is 0.306 e. The van der Waals surface area contributed by atoms with E-state index in [1.165, 1.54) is 97.3 Å². The molecule has 0 bridgehead atoms. The lowest BCUT2D eigenvalue weighted by molar-refractivity contribution is -0.145. The summed E-state index contributed by atoms with van der Waals surface area (Å²) in [7, 11) is 0. The molecule has 0 heterocycles. The van der Waals surface area contributed by atoms with Gasteiger partial charge in [0.2, 0.25) is 0 Å². The summed E-state index contributed by atoms with van der Waals surface area (Å²) in [6, 6.07) is 6.86. The Kier molecular flexibility index (Phi) is 15.8. The van der Waals surface area contributed by atoms with E-state index in [0.717, 1.165) is 18.4 Å². The molecule has 0 fully saturated rings. The summed E-state index contributed by atoms with van der Waals surface area (Å²) >= 11 is 0. The number of rotatable bonds is 20. The molecule has 0 unspecified atom stereocenters. The van der Waals surface area contributed by atoms with E-state index in [4.69, 9.17) is 4.74 Å². The Balaban J connectivity index is 1.96. The second-order valence-corrected chi connectivity index (χ2v) is 9.95. The number of aliphatic hydroxyl groups is 1. The van der Waals surface area contributed by atoms with Crippen molar-refractivity contribution in [3.05, 3.63) is 35.4 Å². The summed E-state index contributed by atoms with van der Waals surface area (Å²) in [4.78, 5) is 24.0. The molecule has 33 heavy (non-hydrogen) atoms. The van der Waals surface area contributed by atoms with Crippen LogP contribution in [0.25, 0.3) is 0 Å². The van der Waals surface area contributed by atoms with Crippen molar-refractivity contribution in [2.75, 3.05) is 0 Å². The van der Waals surface area contributed by atoms with Gasteiger partial charge in [-0.15, -0.1) is 0 Å². The normalized spacial score (nSPS) is 11.5. The molecule has 0 aliphatic rings. The molecule has 1 aromatic rings. The van der Waals surface area contributed by atoms with Crippen molar-refractivity contribution in [1.29, 1.82) is 0 Å². The average molecular weight is 461 g/mol. The van der Waals surface area contributed by atoms with E-state index >= 15 is 0 Å². The van der Waals surface area contributed by atoms with Gasteiger partial charge in [0.25, 0.3) is 0 Å². The Labute approximate surface area is 202 Å². The third-order valence-electron chi connectivity index (χ3n) is 6.16. The average Bonchev–Trinajstić information content (AvgIpc) is 2.79. The zero-order valence-electron chi connectivity index (χ0n) is 21.5. The van der Waals surface area contributed by atoms with E-state index in [2.05, 4.69) is 6.92 Å². The predicted octanol–water partition coefficient (Wildman–Crippen LogP) is 7.94. The third kappa shape index (κ3) is 15.0. The van der Waals surface area contributed by atoms with Crippen molar-refractivity contribution in [3.63, 3.8) is 0 Å². The number of ether oxygens (including phenoxy) is 1. The Morgan fingerprint density at radius 1 is 0.727 bits per heavy atom. The van der Waals surface area contributed by atoms with Crippen LogP contribution in [0.15, 0.2) is 24.3 Å². The van der Waals surface area contributed by atoms with Gasteiger partial charge < -0.3 is 9.84 Å². The van der Waals surface area contributed by atoms with Crippen LogP contribution >= 0.6 is 0 Å². The number of hydrogen-bond donors (Lipinski definition) is 1. The number of Topliss-reactive ketones (excluding diaryl/α,β-unsaturated/α-hetero) is 1. The van der Waals surface area contributed by atoms with Gasteiger partial charge in [0.05, 0.1) is 0 Å². The van der Waals surface area contributed by atoms with Gasteiger partial charge in [-0.25, -0.2) is 0 Å². The lowest BCUT2D eigenvalue weighted by Crippen LogP contribution is -2.31. The summed E-state index contributed by atoms with van der Waals surface area (Å²) in [6.45, 7) is 5.44. The van der Waals surface area contributed by atoms with Gasteiger partial charge in [-0.05, 0) is 25.8 Å². The number of esters is 1. The molecule has 1 rings (SSSR count). The summed E-state index contributed by atoms with van der Waals surface area (Å²) in [5.74, 6) is -0.486. The van der Waals surface area contributed by atoms with E-state index in [9.17, 15) is 14.7 Å². The fourth-order valence-electron chi connectivity index (χ4n) is 3.98. The number of carbonyl (C=O) groups excluding carboxylic acids is 2. The molecule has 1 N–H and O–H groups in total. The molecule has 0 aromatic heterocycles. The lowest BCUT2D eigenvalue weighted by atomic mass is 9.96. The summed E-state index contributed by atoms with van der Waals surface area (Å²) in [5.41, 5.74) is -0.0937. The van der Waals surface area contributed by atoms with Crippen molar-refractivity contribution in [3.8, 4) is 0 Å². The highest BCUT2D eigenvalue weighted by molar-refractivity contribution is 6.01. The second kappa shape index (κ2) is 17.8. The number of carbonyl (C=O) groups is 2. The van der Waals surface area contributed by atoms with Crippen LogP contribution in [0.2, 0.25) is 0 Å². The van der Waals surface area contributed by atoms with Crippen molar-refractivity contribution < 1.29 is 19.4 Å². The van der Waals surface area contributed by atoms with Crippen molar-refractivity contribution in [1.82, 2.24) is 0 Å². The number of ketones is 1. The maximum atomic E-state index is 12.0. The first-order valence-corrected chi connectivity index (χ1v) is 13.4. The summed E-state index contributed by atoms with van der Waals surface area (Å²) in [5, 5.41) is 9.80. The van der Waals surface area contributed by atoms with E-state index in [1.54, 1.807) is 24.3 Å². The zero-order chi connectivity index (χ0) is 24.4. The fourth-order valence-corrected chi connectivity index (χ4v) is 3.98. The van der Waals surface area contributed by atoms with Gasteiger partial charge in [0, 0.05) is 12.0 Å². The monoisotopic (exact) mass is 460 g/mol. The molecule has 0 saturated heterocycles. The van der Waals surface area contributed by atoms with Gasteiger partial charge in [0.1, 0.15) is 12.2 Å². The molecule has 0 radical (unpaired) electrons. The van der Waals surface area contributed by atoms with E-state index in [0.29, 0.717) is 12.0 Å². The minimum Gasteiger partial charge on any atom is -0.461 e. The smallest absolute Gasteiger partial charge is 0.306 e. The summed E-state index contributed by atoms with van der Waals surface area (Å²) in [6.07, 6.45) is 20.1. The fraction of sp³-hybridized carbons (Fsp3) is 0.724. The van der Waals surface area contributed by atoms with Crippen molar-refractivity contribution in [2.45, 2.75) is 136 Å². The highest BCUT2D eigenvalue weighted by atomic mass is 16.5. The van der Waals surface area contributed by atoms with Gasteiger partial charge in [0.15, 0.2) is 5.78 Å². The zero-order valence-corrected chi connectivity index (χ0v) is 21.5. The molecule has 0 amide bonds. The van der Waals surface area contributed by atoms with Crippen molar-refractivity contribution >= 4 is 11.8 Å². The first-order valence-electron chi connectivity index (χ1n) is 13.4. The second-order valence-electron chi connectivity index (χ2n) is 9.95. The van der Waals surface area contributed by atoms with Crippen LogP contribution in [0.1, 0.15) is 139 Å². The first-order chi connectivity index (χ1) is 15.8. The Bertz CT molecular complexity index is 643. The molecule has 0 aliphatic heterocycles. The van der Waals surface area contributed by atoms with E-state index in [-0.39, 0.29) is 18.4 Å². The standard InChI is InChI=1S/C29H48O4/c1-4-5-6-7-8-9-10-11-12-13-14-15-16-17-18-19-27(30)33-24-25-20-22-26(23-21-25)28(31)29(2,3)32/h20-23,32H,4-19,24H2,1-3H3. The SMILES string of the molecule is CCCCCCCCCCCCCCCCCC(=O)OCc1ccc(C(=O)C(C)(C)O)cc1. The van der Waals surface area contributed by atoms with E-state index < -0.39 is 5.60 Å². The quantitative estimate of drug-likeness (QED) is 0.122. The Hall–Kier alpha value is -1.68. The van der Waals surface area contributed by atoms with Crippen LogP contribution < -0.4 is 0 Å². The van der Waals surface area contributed by atoms with Crippen LogP contribution in [0.4, 0.5) is 0 Å². The van der Waals surface area contributed by atoms with Crippen LogP contribution in [0.5, 0.6) is 0 Å². The molecule has 0 spiro atoms. The minimum atomic E-state index is -1.39. The van der Waals surface area contributed by atoms with Gasteiger partial charge >= 0.3 is 5.97 Å². The largest absolute Gasteiger partial charge is 0.461 e. The highest BCUT2D eigenvalue weighted by Gasteiger charge is 2.24. The number of benzene rings is 1. The number of hydrogen-bond acceptors (Lipinski definition) is 4. The van der Waals surface area contributed by atoms with Crippen LogP contribution in [-0.4, -0.2) is 22.5 Å². The molecule has 1 aromatic carbocycles. The maximum absolute atomic E-state index is 12.0. The Morgan fingerprint density at radius 2 is 1.15 bits per heavy atom. The predicted molar refractivity (Wildman–Crippen MR) is 136 cm³/mol.